The van der Waals surface area contributed by atoms with Crippen LogP contribution in [0, 0.1) is 0 Å². The molecule has 5 heteroatoms. The van der Waals surface area contributed by atoms with Gasteiger partial charge in [0.1, 0.15) is 12.4 Å². The standard InChI is InChI=1S/C21H12Cl2O3/c22-12-6-7-14(15(23)9-12)19-18-13-4-2-1-3-11(13)5-8-16(18)26-17-10-25-21(24)20(17)19/h1-9,19H,10H2. The van der Waals surface area contributed by atoms with Gasteiger partial charge in [0.05, 0.1) is 11.5 Å². The van der Waals surface area contributed by atoms with Crippen molar-refractivity contribution < 1.29 is 14.3 Å². The second-order valence-electron chi connectivity index (χ2n) is 6.31. The topological polar surface area (TPSA) is 35.5 Å². The highest BCUT2D eigenvalue weighted by atomic mass is 35.5. The molecule has 0 saturated carbocycles. The fourth-order valence-electron chi connectivity index (χ4n) is 3.75. The van der Waals surface area contributed by atoms with Gasteiger partial charge in [-0.1, -0.05) is 59.6 Å². The van der Waals surface area contributed by atoms with Crippen molar-refractivity contribution in [2.24, 2.45) is 0 Å². The number of cyclic esters (lactones) is 1. The highest BCUT2D eigenvalue weighted by Gasteiger charge is 2.41. The smallest absolute Gasteiger partial charge is 0.339 e. The molecule has 0 fully saturated rings. The molecule has 3 aromatic carbocycles. The third-order valence-electron chi connectivity index (χ3n) is 4.87. The van der Waals surface area contributed by atoms with E-state index in [2.05, 4.69) is 0 Å². The van der Waals surface area contributed by atoms with Gasteiger partial charge in [0.25, 0.3) is 0 Å². The molecule has 0 bridgehead atoms. The summed E-state index contributed by atoms with van der Waals surface area (Å²) in [7, 11) is 0. The Balaban J connectivity index is 1.86. The second-order valence-corrected chi connectivity index (χ2v) is 7.16. The average Bonchev–Trinajstić information content (AvgIpc) is 3.01. The van der Waals surface area contributed by atoms with E-state index in [1.165, 1.54) is 0 Å². The number of fused-ring (bicyclic) bond motifs is 3. The zero-order valence-electron chi connectivity index (χ0n) is 13.5. The predicted octanol–water partition coefficient (Wildman–Crippen LogP) is 5.48. The molecular weight excluding hydrogens is 371 g/mol. The summed E-state index contributed by atoms with van der Waals surface area (Å²) in [5.41, 5.74) is 2.24. The molecule has 26 heavy (non-hydrogen) atoms. The second kappa shape index (κ2) is 5.76. The monoisotopic (exact) mass is 382 g/mol. The first kappa shape index (κ1) is 15.7. The molecule has 0 radical (unpaired) electrons. The molecule has 5 rings (SSSR count). The molecular formula is C21H12Cl2O3. The van der Waals surface area contributed by atoms with Crippen molar-refractivity contribution in [3.05, 3.63) is 87.1 Å². The van der Waals surface area contributed by atoms with Crippen molar-refractivity contribution in [3.8, 4) is 5.75 Å². The Labute approximate surface area is 159 Å². The summed E-state index contributed by atoms with van der Waals surface area (Å²) in [5.74, 6) is 0.541. The first-order valence-electron chi connectivity index (χ1n) is 8.18. The lowest BCUT2D eigenvalue weighted by atomic mass is 9.80. The number of halogens is 2. The summed E-state index contributed by atoms with van der Waals surface area (Å²) >= 11 is 12.6. The third kappa shape index (κ3) is 2.24. The van der Waals surface area contributed by atoms with Crippen LogP contribution in [0.25, 0.3) is 10.8 Å². The van der Waals surface area contributed by atoms with Crippen LogP contribution in [-0.2, 0) is 9.53 Å². The largest absolute Gasteiger partial charge is 0.457 e. The van der Waals surface area contributed by atoms with Crippen LogP contribution in [0.2, 0.25) is 10.0 Å². The SMILES string of the molecule is O=C1OCC2=C1C(c1ccc(Cl)cc1Cl)c1c(ccc3ccccc13)O2. The van der Waals surface area contributed by atoms with Crippen LogP contribution in [0.3, 0.4) is 0 Å². The van der Waals surface area contributed by atoms with Crippen molar-refractivity contribution in [1.82, 2.24) is 0 Å². The molecule has 0 aliphatic carbocycles. The third-order valence-corrected chi connectivity index (χ3v) is 5.43. The Morgan fingerprint density at radius 1 is 1.00 bits per heavy atom. The van der Waals surface area contributed by atoms with E-state index in [0.29, 0.717) is 21.4 Å². The first-order chi connectivity index (χ1) is 12.6. The lowest BCUT2D eigenvalue weighted by Gasteiger charge is -2.28. The van der Waals surface area contributed by atoms with Crippen LogP contribution in [0.5, 0.6) is 5.75 Å². The van der Waals surface area contributed by atoms with E-state index in [-0.39, 0.29) is 18.5 Å². The van der Waals surface area contributed by atoms with E-state index in [0.717, 1.165) is 27.6 Å². The number of hydrogen-bond acceptors (Lipinski definition) is 3. The maximum atomic E-state index is 12.5. The van der Waals surface area contributed by atoms with Gasteiger partial charge in [-0.3, -0.25) is 0 Å². The molecule has 0 spiro atoms. The van der Waals surface area contributed by atoms with E-state index in [1.54, 1.807) is 12.1 Å². The van der Waals surface area contributed by atoms with Crippen LogP contribution in [0.1, 0.15) is 17.0 Å². The van der Waals surface area contributed by atoms with Crippen LogP contribution in [0.15, 0.2) is 65.9 Å². The number of carbonyl (C=O) groups is 1. The fourth-order valence-corrected chi connectivity index (χ4v) is 4.27. The summed E-state index contributed by atoms with van der Waals surface area (Å²) in [6.45, 7) is 0.141. The number of carbonyl (C=O) groups excluding carboxylic acids is 1. The minimum Gasteiger partial charge on any atom is -0.457 e. The Kier molecular flexibility index (Phi) is 3.49. The van der Waals surface area contributed by atoms with Gasteiger partial charge in [0.2, 0.25) is 0 Å². The average molecular weight is 383 g/mol. The van der Waals surface area contributed by atoms with Crippen molar-refractivity contribution in [2.75, 3.05) is 6.61 Å². The fraction of sp³-hybridized carbons (Fsp3) is 0.0952. The molecule has 1 unspecified atom stereocenters. The van der Waals surface area contributed by atoms with Gasteiger partial charge in [0, 0.05) is 15.6 Å². The number of rotatable bonds is 1. The van der Waals surface area contributed by atoms with E-state index >= 15 is 0 Å². The number of benzene rings is 3. The van der Waals surface area contributed by atoms with Gasteiger partial charge in [-0.2, -0.15) is 0 Å². The molecule has 1 atom stereocenters. The zero-order valence-corrected chi connectivity index (χ0v) is 15.0. The van der Waals surface area contributed by atoms with Gasteiger partial charge in [-0.05, 0) is 34.5 Å². The Bertz CT molecular complexity index is 1120. The summed E-state index contributed by atoms with van der Waals surface area (Å²) in [4.78, 5) is 12.5. The number of hydrogen-bond donors (Lipinski definition) is 0. The maximum absolute atomic E-state index is 12.5. The molecule has 0 aromatic heterocycles. The van der Waals surface area contributed by atoms with Crippen molar-refractivity contribution in [1.29, 1.82) is 0 Å². The van der Waals surface area contributed by atoms with E-state index < -0.39 is 0 Å². The van der Waals surface area contributed by atoms with Crippen LogP contribution < -0.4 is 4.74 Å². The molecule has 128 valence electrons. The van der Waals surface area contributed by atoms with E-state index in [4.69, 9.17) is 32.7 Å². The predicted molar refractivity (Wildman–Crippen MR) is 101 cm³/mol. The highest BCUT2D eigenvalue weighted by molar-refractivity contribution is 6.35. The van der Waals surface area contributed by atoms with Gasteiger partial charge < -0.3 is 9.47 Å². The number of ether oxygens (including phenoxy) is 2. The molecule has 2 aliphatic rings. The minimum atomic E-state index is -0.366. The molecule has 0 amide bonds. The van der Waals surface area contributed by atoms with Crippen LogP contribution in [-0.4, -0.2) is 12.6 Å². The summed E-state index contributed by atoms with van der Waals surface area (Å²) in [5, 5.41) is 3.15. The minimum absolute atomic E-state index is 0.141. The van der Waals surface area contributed by atoms with E-state index in [1.807, 2.05) is 42.5 Å². The maximum Gasteiger partial charge on any atom is 0.339 e. The normalized spacial score (nSPS) is 18.4. The highest BCUT2D eigenvalue weighted by Crippen LogP contribution is 2.49. The van der Waals surface area contributed by atoms with Crippen molar-refractivity contribution >= 4 is 39.9 Å². The van der Waals surface area contributed by atoms with Gasteiger partial charge in [0.15, 0.2) is 5.76 Å². The molecule has 2 heterocycles. The Morgan fingerprint density at radius 2 is 1.85 bits per heavy atom. The van der Waals surface area contributed by atoms with Gasteiger partial charge >= 0.3 is 5.97 Å². The quantitative estimate of drug-likeness (QED) is 0.522. The molecule has 3 aromatic rings. The molecule has 0 saturated heterocycles. The van der Waals surface area contributed by atoms with Crippen molar-refractivity contribution in [3.63, 3.8) is 0 Å². The van der Waals surface area contributed by atoms with Crippen LogP contribution in [0.4, 0.5) is 0 Å². The molecule has 0 N–H and O–H groups in total. The lowest BCUT2D eigenvalue weighted by Crippen LogP contribution is -2.18. The Hall–Kier alpha value is -2.49. The molecule has 3 nitrogen and oxygen atoms in total. The molecule has 2 aliphatic heterocycles. The van der Waals surface area contributed by atoms with Gasteiger partial charge in [-0.15, -0.1) is 0 Å². The van der Waals surface area contributed by atoms with Crippen molar-refractivity contribution in [2.45, 2.75) is 5.92 Å². The lowest BCUT2D eigenvalue weighted by molar-refractivity contribution is -0.136. The Morgan fingerprint density at radius 3 is 2.69 bits per heavy atom. The number of esters is 1. The first-order valence-corrected chi connectivity index (χ1v) is 8.93. The zero-order chi connectivity index (χ0) is 17.8. The summed E-state index contributed by atoms with van der Waals surface area (Å²) in [6, 6.07) is 17.3. The van der Waals surface area contributed by atoms with Crippen LogP contribution >= 0.6 is 23.2 Å². The van der Waals surface area contributed by atoms with E-state index in [9.17, 15) is 4.79 Å². The summed E-state index contributed by atoms with van der Waals surface area (Å²) < 4.78 is 11.3. The summed E-state index contributed by atoms with van der Waals surface area (Å²) in [6.07, 6.45) is 0. The van der Waals surface area contributed by atoms with Gasteiger partial charge in [-0.25, -0.2) is 4.79 Å².